The number of hydrogen-bond acceptors (Lipinski definition) is 5. The van der Waals surface area contributed by atoms with E-state index < -0.39 is 5.97 Å². The van der Waals surface area contributed by atoms with Gasteiger partial charge in [-0.1, -0.05) is 0 Å². The highest BCUT2D eigenvalue weighted by molar-refractivity contribution is 5.96. The lowest BCUT2D eigenvalue weighted by Crippen LogP contribution is -2.10. The van der Waals surface area contributed by atoms with E-state index in [9.17, 15) is 4.79 Å². The molecular weight excluding hydrogens is 208 g/mol. The molecule has 3 N–H and O–H groups in total. The van der Waals surface area contributed by atoms with Crippen molar-refractivity contribution in [2.45, 2.75) is 0 Å². The minimum Gasteiger partial charge on any atom is -0.465 e. The van der Waals surface area contributed by atoms with Gasteiger partial charge >= 0.3 is 5.97 Å². The lowest BCUT2D eigenvalue weighted by Gasteiger charge is -2.09. The highest BCUT2D eigenvalue weighted by atomic mass is 16.5. The molecule has 0 aliphatic heterocycles. The molecule has 0 aliphatic carbocycles. The highest BCUT2D eigenvalue weighted by Gasteiger charge is 2.10. The van der Waals surface area contributed by atoms with Gasteiger partial charge in [-0.25, -0.2) is 4.79 Å². The van der Waals surface area contributed by atoms with Crippen LogP contribution in [0.3, 0.4) is 0 Å². The number of rotatable bonds is 5. The Balaban J connectivity index is 2.77. The van der Waals surface area contributed by atoms with Crippen molar-refractivity contribution in [2.75, 3.05) is 38.4 Å². The fraction of sp³-hybridized carbons (Fsp3) is 0.364. The molecule has 0 spiro atoms. The van der Waals surface area contributed by atoms with Gasteiger partial charge in [-0.05, 0) is 18.2 Å². The first-order valence-corrected chi connectivity index (χ1v) is 4.89. The van der Waals surface area contributed by atoms with E-state index in [-0.39, 0.29) is 0 Å². The fourth-order valence-corrected chi connectivity index (χ4v) is 1.25. The molecule has 0 bridgehead atoms. The molecule has 0 aromatic heterocycles. The molecule has 1 aromatic rings. The van der Waals surface area contributed by atoms with Gasteiger partial charge in [0.1, 0.15) is 0 Å². The molecule has 0 heterocycles. The van der Waals surface area contributed by atoms with Gasteiger partial charge < -0.3 is 20.5 Å². The average Bonchev–Trinajstić information content (AvgIpc) is 2.30. The van der Waals surface area contributed by atoms with E-state index in [0.717, 1.165) is 5.69 Å². The van der Waals surface area contributed by atoms with Gasteiger partial charge in [0.15, 0.2) is 0 Å². The summed E-state index contributed by atoms with van der Waals surface area (Å²) in [6.45, 7) is 1.26. The van der Waals surface area contributed by atoms with Crippen molar-refractivity contribution in [3.63, 3.8) is 0 Å². The second-order valence-electron chi connectivity index (χ2n) is 3.21. The summed E-state index contributed by atoms with van der Waals surface area (Å²) < 4.78 is 9.53. The third-order valence-electron chi connectivity index (χ3n) is 2.09. The Hall–Kier alpha value is -1.75. The second-order valence-corrected chi connectivity index (χ2v) is 3.21. The van der Waals surface area contributed by atoms with Gasteiger partial charge in [0, 0.05) is 25.0 Å². The maximum absolute atomic E-state index is 11.4. The predicted octanol–water partition coefficient (Wildman–Crippen LogP) is 1.11. The molecule has 0 saturated heterocycles. The number of hydrogen-bond donors (Lipinski definition) is 2. The van der Waals surface area contributed by atoms with Gasteiger partial charge in [-0.2, -0.15) is 0 Å². The largest absolute Gasteiger partial charge is 0.465 e. The second kappa shape index (κ2) is 5.97. The van der Waals surface area contributed by atoms with Crippen LogP contribution in [0.1, 0.15) is 10.4 Å². The van der Waals surface area contributed by atoms with E-state index >= 15 is 0 Å². The van der Waals surface area contributed by atoms with Gasteiger partial charge in [0.25, 0.3) is 0 Å². The highest BCUT2D eigenvalue weighted by Crippen LogP contribution is 2.18. The van der Waals surface area contributed by atoms with Crippen LogP contribution in [0.5, 0.6) is 0 Å². The number of methoxy groups -OCH3 is 2. The van der Waals surface area contributed by atoms with E-state index in [1.54, 1.807) is 25.3 Å². The summed E-state index contributed by atoms with van der Waals surface area (Å²) in [6, 6.07) is 5.13. The lowest BCUT2D eigenvalue weighted by molar-refractivity contribution is 0.0602. The summed E-state index contributed by atoms with van der Waals surface area (Å²) in [5.74, 6) is -0.437. The molecule has 0 amide bonds. The molecule has 1 rings (SSSR count). The quantitative estimate of drug-likeness (QED) is 0.445. The first-order valence-electron chi connectivity index (χ1n) is 4.89. The van der Waals surface area contributed by atoms with Gasteiger partial charge in [0.05, 0.1) is 19.3 Å². The summed E-state index contributed by atoms with van der Waals surface area (Å²) in [5.41, 5.74) is 7.25. The summed E-state index contributed by atoms with van der Waals surface area (Å²) in [5, 5.41) is 3.10. The van der Waals surface area contributed by atoms with Crippen LogP contribution in [0.15, 0.2) is 18.2 Å². The summed E-state index contributed by atoms with van der Waals surface area (Å²) in [7, 11) is 2.96. The molecule has 0 aliphatic rings. The Bertz CT molecular complexity index is 366. The first kappa shape index (κ1) is 12.3. The summed E-state index contributed by atoms with van der Waals surface area (Å²) >= 11 is 0. The standard InChI is InChI=1S/C11H16N2O3/c1-15-6-5-13-8-3-4-10(12)9(7-8)11(14)16-2/h3-4,7,13H,5-6,12H2,1-2H3. The summed E-state index contributed by atoms with van der Waals surface area (Å²) in [4.78, 5) is 11.4. The molecule has 0 atom stereocenters. The van der Waals surface area contributed by atoms with Crippen molar-refractivity contribution in [1.29, 1.82) is 0 Å². The van der Waals surface area contributed by atoms with Crippen LogP contribution < -0.4 is 11.1 Å². The maximum Gasteiger partial charge on any atom is 0.340 e. The number of nitrogen functional groups attached to an aromatic ring is 1. The number of anilines is 2. The molecule has 0 radical (unpaired) electrons. The van der Waals surface area contributed by atoms with Crippen molar-refractivity contribution in [3.8, 4) is 0 Å². The van der Waals surface area contributed by atoms with Crippen molar-refractivity contribution < 1.29 is 14.3 Å². The normalized spacial score (nSPS) is 9.88. The Morgan fingerprint density at radius 3 is 2.81 bits per heavy atom. The van der Waals surface area contributed by atoms with Gasteiger partial charge in [-0.3, -0.25) is 0 Å². The Labute approximate surface area is 94.5 Å². The Kier molecular flexibility index (Phi) is 4.60. The Morgan fingerprint density at radius 2 is 2.19 bits per heavy atom. The minimum absolute atomic E-state index is 0.366. The van der Waals surface area contributed by atoms with Crippen LogP contribution in [-0.2, 0) is 9.47 Å². The minimum atomic E-state index is -0.437. The molecule has 0 saturated carbocycles. The predicted molar refractivity (Wildman–Crippen MR) is 62.6 cm³/mol. The zero-order valence-electron chi connectivity index (χ0n) is 9.45. The molecule has 16 heavy (non-hydrogen) atoms. The van der Waals surface area contributed by atoms with E-state index in [0.29, 0.717) is 24.4 Å². The molecule has 0 unspecified atom stereocenters. The van der Waals surface area contributed by atoms with E-state index in [1.165, 1.54) is 7.11 Å². The number of carbonyl (C=O) groups excluding carboxylic acids is 1. The van der Waals surface area contributed by atoms with Crippen LogP contribution in [0.2, 0.25) is 0 Å². The zero-order chi connectivity index (χ0) is 12.0. The third kappa shape index (κ3) is 3.13. The van der Waals surface area contributed by atoms with E-state index in [2.05, 4.69) is 10.1 Å². The SMILES string of the molecule is COCCNc1ccc(N)c(C(=O)OC)c1. The number of esters is 1. The van der Waals surface area contributed by atoms with E-state index in [1.807, 2.05) is 0 Å². The topological polar surface area (TPSA) is 73.6 Å². The van der Waals surface area contributed by atoms with Crippen molar-refractivity contribution in [2.24, 2.45) is 0 Å². The van der Waals surface area contributed by atoms with Gasteiger partial charge in [-0.15, -0.1) is 0 Å². The molecular formula is C11H16N2O3. The molecule has 5 heteroatoms. The third-order valence-corrected chi connectivity index (χ3v) is 2.09. The van der Waals surface area contributed by atoms with Gasteiger partial charge in [0.2, 0.25) is 0 Å². The van der Waals surface area contributed by atoms with Crippen LogP contribution in [0.25, 0.3) is 0 Å². The van der Waals surface area contributed by atoms with Crippen LogP contribution in [0, 0.1) is 0 Å². The molecule has 5 nitrogen and oxygen atoms in total. The number of nitrogens with two attached hydrogens (primary N) is 1. The zero-order valence-corrected chi connectivity index (χ0v) is 9.45. The monoisotopic (exact) mass is 224 g/mol. The fourth-order valence-electron chi connectivity index (χ4n) is 1.25. The molecule has 1 aromatic carbocycles. The molecule has 0 fully saturated rings. The Morgan fingerprint density at radius 1 is 1.44 bits per heavy atom. The number of nitrogens with one attached hydrogen (secondary N) is 1. The smallest absolute Gasteiger partial charge is 0.340 e. The molecule has 88 valence electrons. The van der Waals surface area contributed by atoms with Crippen LogP contribution in [-0.4, -0.2) is 33.3 Å². The average molecular weight is 224 g/mol. The maximum atomic E-state index is 11.4. The number of carbonyl (C=O) groups is 1. The van der Waals surface area contributed by atoms with Crippen LogP contribution >= 0.6 is 0 Å². The van der Waals surface area contributed by atoms with E-state index in [4.69, 9.17) is 10.5 Å². The van der Waals surface area contributed by atoms with Crippen LogP contribution in [0.4, 0.5) is 11.4 Å². The number of ether oxygens (including phenoxy) is 2. The van der Waals surface area contributed by atoms with Crippen molar-refractivity contribution >= 4 is 17.3 Å². The first-order chi connectivity index (χ1) is 7.69. The van der Waals surface area contributed by atoms with Crippen molar-refractivity contribution in [1.82, 2.24) is 0 Å². The summed E-state index contributed by atoms with van der Waals surface area (Å²) in [6.07, 6.45) is 0. The lowest BCUT2D eigenvalue weighted by atomic mass is 10.1. The number of benzene rings is 1. The van der Waals surface area contributed by atoms with Crippen molar-refractivity contribution in [3.05, 3.63) is 23.8 Å².